The highest BCUT2D eigenvalue weighted by atomic mass is 15.3. The number of aromatic nitrogens is 2. The maximum atomic E-state index is 4.15. The Labute approximate surface area is 98.5 Å². The van der Waals surface area contributed by atoms with E-state index >= 15 is 0 Å². The van der Waals surface area contributed by atoms with Crippen LogP contribution in [0.5, 0.6) is 0 Å². The average molecular weight is 221 g/mol. The van der Waals surface area contributed by atoms with Crippen molar-refractivity contribution in [2.45, 2.75) is 46.2 Å². The Hall–Kier alpha value is -1.09. The first-order chi connectivity index (χ1) is 7.59. The van der Waals surface area contributed by atoms with Gasteiger partial charge >= 0.3 is 0 Å². The molecule has 0 amide bonds. The van der Waals surface area contributed by atoms with E-state index in [1.807, 2.05) is 17.9 Å². The lowest BCUT2D eigenvalue weighted by Crippen LogP contribution is -2.26. The Morgan fingerprint density at radius 2 is 2.31 bits per heavy atom. The van der Waals surface area contributed by atoms with E-state index in [1.54, 1.807) is 0 Å². The molecule has 1 N–H and O–H groups in total. The van der Waals surface area contributed by atoms with E-state index in [4.69, 9.17) is 0 Å². The van der Waals surface area contributed by atoms with Crippen LogP contribution in [0, 0.1) is 0 Å². The summed E-state index contributed by atoms with van der Waals surface area (Å²) >= 11 is 0. The summed E-state index contributed by atoms with van der Waals surface area (Å²) in [5, 5.41) is 7.66. The molecule has 1 atom stereocenters. The van der Waals surface area contributed by atoms with Crippen LogP contribution in [-0.2, 0) is 13.6 Å². The van der Waals surface area contributed by atoms with Gasteiger partial charge in [-0.05, 0) is 39.7 Å². The molecule has 3 heteroatoms. The molecule has 1 heterocycles. The molecule has 1 aromatic heterocycles. The normalized spacial score (nSPS) is 12.5. The Kier molecular flexibility index (Phi) is 5.26. The predicted octanol–water partition coefficient (Wildman–Crippen LogP) is 2.64. The van der Waals surface area contributed by atoms with Gasteiger partial charge < -0.3 is 5.32 Å². The quantitative estimate of drug-likeness (QED) is 0.748. The zero-order valence-corrected chi connectivity index (χ0v) is 10.8. The minimum Gasteiger partial charge on any atom is -0.309 e. The van der Waals surface area contributed by atoms with Crippen molar-refractivity contribution in [3.8, 4) is 0 Å². The maximum absolute atomic E-state index is 4.15. The fourth-order valence-corrected chi connectivity index (χ4v) is 1.58. The van der Waals surface area contributed by atoms with Gasteiger partial charge in [-0.3, -0.25) is 4.68 Å². The topological polar surface area (TPSA) is 29.9 Å². The molecule has 0 saturated heterocycles. The van der Waals surface area contributed by atoms with Crippen LogP contribution in [-0.4, -0.2) is 15.8 Å². The minimum absolute atomic E-state index is 0.547. The minimum atomic E-state index is 0.547. The molecule has 0 aliphatic heterocycles. The maximum Gasteiger partial charge on any atom is 0.0518 e. The molecule has 16 heavy (non-hydrogen) atoms. The Balaban J connectivity index is 2.23. The van der Waals surface area contributed by atoms with Gasteiger partial charge in [0.15, 0.2) is 0 Å². The molecule has 0 spiro atoms. The largest absolute Gasteiger partial charge is 0.309 e. The second-order valence-corrected chi connectivity index (χ2v) is 4.59. The number of allylic oxidation sites excluding steroid dienone is 2. The number of hydrogen-bond donors (Lipinski definition) is 1. The monoisotopic (exact) mass is 221 g/mol. The molecular weight excluding hydrogens is 198 g/mol. The van der Waals surface area contributed by atoms with Gasteiger partial charge in [0.25, 0.3) is 0 Å². The highest BCUT2D eigenvalue weighted by molar-refractivity contribution is 4.99. The summed E-state index contributed by atoms with van der Waals surface area (Å²) in [6.07, 6.45) is 6.47. The molecule has 0 bridgehead atoms. The molecule has 3 nitrogen and oxygen atoms in total. The summed E-state index contributed by atoms with van der Waals surface area (Å²) in [6.45, 7) is 7.42. The van der Waals surface area contributed by atoms with Gasteiger partial charge in [0.2, 0.25) is 0 Å². The molecular formula is C13H23N3. The molecule has 0 saturated carbocycles. The van der Waals surface area contributed by atoms with Crippen molar-refractivity contribution in [3.63, 3.8) is 0 Å². The summed E-state index contributed by atoms with van der Waals surface area (Å²) in [6, 6.07) is 2.60. The number of nitrogens with zero attached hydrogens (tertiary/aromatic N) is 2. The molecule has 1 aromatic rings. The van der Waals surface area contributed by atoms with Crippen LogP contribution < -0.4 is 5.32 Å². The second-order valence-electron chi connectivity index (χ2n) is 4.59. The van der Waals surface area contributed by atoms with E-state index in [0.717, 1.165) is 13.0 Å². The standard InChI is InChI=1S/C13H23N3/c1-11(2)6-5-7-12(3)14-10-13-8-9-15-16(13)4/h6,8-9,12,14H,5,7,10H2,1-4H3. The fraction of sp³-hybridized carbons (Fsp3) is 0.615. The first-order valence-electron chi connectivity index (χ1n) is 5.93. The summed E-state index contributed by atoms with van der Waals surface area (Å²) in [7, 11) is 1.98. The van der Waals surface area contributed by atoms with Crippen LogP contribution >= 0.6 is 0 Å². The number of rotatable bonds is 6. The summed E-state index contributed by atoms with van der Waals surface area (Å²) in [5.41, 5.74) is 2.63. The number of hydrogen-bond acceptors (Lipinski definition) is 2. The van der Waals surface area contributed by atoms with E-state index in [1.165, 1.54) is 17.7 Å². The van der Waals surface area contributed by atoms with Gasteiger partial charge in [-0.15, -0.1) is 0 Å². The van der Waals surface area contributed by atoms with Crippen molar-refractivity contribution in [2.24, 2.45) is 7.05 Å². The highest BCUT2D eigenvalue weighted by Gasteiger charge is 2.02. The zero-order chi connectivity index (χ0) is 12.0. The van der Waals surface area contributed by atoms with Crippen LogP contribution in [0.2, 0.25) is 0 Å². The van der Waals surface area contributed by atoms with Gasteiger partial charge in [0.05, 0.1) is 5.69 Å². The third kappa shape index (κ3) is 4.62. The molecule has 0 aliphatic rings. The lowest BCUT2D eigenvalue weighted by molar-refractivity contribution is 0.502. The van der Waals surface area contributed by atoms with Crippen LogP contribution in [0.3, 0.4) is 0 Å². The van der Waals surface area contributed by atoms with Gasteiger partial charge in [0, 0.05) is 25.8 Å². The zero-order valence-electron chi connectivity index (χ0n) is 10.8. The van der Waals surface area contributed by atoms with Crippen LogP contribution in [0.1, 0.15) is 39.3 Å². The van der Waals surface area contributed by atoms with Gasteiger partial charge in [-0.25, -0.2) is 0 Å². The smallest absolute Gasteiger partial charge is 0.0518 e. The first-order valence-corrected chi connectivity index (χ1v) is 5.93. The molecule has 0 aliphatic carbocycles. The fourth-order valence-electron chi connectivity index (χ4n) is 1.58. The van der Waals surface area contributed by atoms with Crippen molar-refractivity contribution in [1.82, 2.24) is 15.1 Å². The molecule has 90 valence electrons. The molecule has 0 radical (unpaired) electrons. The molecule has 0 aromatic carbocycles. The number of aryl methyl sites for hydroxylation is 1. The number of nitrogens with one attached hydrogen (secondary N) is 1. The van der Waals surface area contributed by atoms with E-state index in [9.17, 15) is 0 Å². The van der Waals surface area contributed by atoms with Crippen molar-refractivity contribution >= 4 is 0 Å². The van der Waals surface area contributed by atoms with Gasteiger partial charge in [-0.2, -0.15) is 5.10 Å². The van der Waals surface area contributed by atoms with Gasteiger partial charge in [0.1, 0.15) is 0 Å². The third-order valence-electron chi connectivity index (χ3n) is 2.71. The highest BCUT2D eigenvalue weighted by Crippen LogP contribution is 2.03. The van der Waals surface area contributed by atoms with Gasteiger partial charge in [-0.1, -0.05) is 11.6 Å². The van der Waals surface area contributed by atoms with Crippen LogP contribution in [0.15, 0.2) is 23.9 Å². The predicted molar refractivity (Wildman–Crippen MR) is 68.2 cm³/mol. The first kappa shape index (κ1) is 13.0. The average Bonchev–Trinajstić information content (AvgIpc) is 2.60. The second kappa shape index (κ2) is 6.48. The molecule has 1 rings (SSSR count). The van der Waals surface area contributed by atoms with Crippen molar-refractivity contribution in [1.29, 1.82) is 0 Å². The Morgan fingerprint density at radius 1 is 1.56 bits per heavy atom. The van der Waals surface area contributed by atoms with E-state index in [2.05, 4.69) is 43.3 Å². The van der Waals surface area contributed by atoms with Crippen LogP contribution in [0.4, 0.5) is 0 Å². The SMILES string of the molecule is CC(C)=CCCC(C)NCc1ccnn1C. The van der Waals surface area contributed by atoms with Crippen molar-refractivity contribution < 1.29 is 0 Å². The van der Waals surface area contributed by atoms with E-state index in [0.29, 0.717) is 6.04 Å². The lowest BCUT2D eigenvalue weighted by atomic mass is 10.1. The summed E-state index contributed by atoms with van der Waals surface area (Å²) in [5.74, 6) is 0. The Bertz CT molecular complexity index is 335. The molecule has 0 fully saturated rings. The summed E-state index contributed by atoms with van der Waals surface area (Å²) in [4.78, 5) is 0. The Morgan fingerprint density at radius 3 is 2.88 bits per heavy atom. The lowest BCUT2D eigenvalue weighted by Gasteiger charge is -2.12. The van der Waals surface area contributed by atoms with E-state index in [-0.39, 0.29) is 0 Å². The molecule has 1 unspecified atom stereocenters. The summed E-state index contributed by atoms with van der Waals surface area (Å²) < 4.78 is 1.91. The van der Waals surface area contributed by atoms with Crippen molar-refractivity contribution in [3.05, 3.63) is 29.6 Å². The van der Waals surface area contributed by atoms with E-state index < -0.39 is 0 Å². The third-order valence-corrected chi connectivity index (χ3v) is 2.71. The van der Waals surface area contributed by atoms with Crippen LogP contribution in [0.25, 0.3) is 0 Å². The van der Waals surface area contributed by atoms with Crippen molar-refractivity contribution in [2.75, 3.05) is 0 Å².